The lowest BCUT2D eigenvalue weighted by Crippen LogP contribution is -2.40. The molecule has 0 aromatic carbocycles. The molecular weight excluding hydrogens is 229 g/mol. The number of nitrogens with zero attached hydrogens (tertiary/aromatic N) is 1. The summed E-state index contributed by atoms with van der Waals surface area (Å²) in [6.07, 6.45) is 2.20. The molecule has 0 amide bonds. The first-order valence-corrected chi connectivity index (χ1v) is 9.51. The Labute approximate surface area is 105 Å². The van der Waals surface area contributed by atoms with Crippen LogP contribution in [0.3, 0.4) is 0 Å². The van der Waals surface area contributed by atoms with Crippen molar-refractivity contribution in [2.24, 2.45) is 0 Å². The normalized spacial score (nSPS) is 12.9. The number of rotatable bonds is 3. The Balaban J connectivity index is 3.03. The van der Waals surface area contributed by atoms with Crippen molar-refractivity contribution in [2.75, 3.05) is 0 Å². The van der Waals surface area contributed by atoms with Crippen LogP contribution in [0.4, 0.5) is 4.39 Å². The Morgan fingerprint density at radius 2 is 1.88 bits per heavy atom. The van der Waals surface area contributed by atoms with Gasteiger partial charge in [0.1, 0.15) is 5.82 Å². The molecule has 1 nitrogen and oxygen atoms in total. The minimum Gasteiger partial charge on any atom is -0.258 e. The third-order valence-corrected chi connectivity index (χ3v) is 9.33. The van der Waals surface area contributed by atoms with Gasteiger partial charge in [0.2, 0.25) is 0 Å². The maximum absolute atomic E-state index is 13.1. The summed E-state index contributed by atoms with van der Waals surface area (Å²) in [5, 5.41) is 0.341. The second kappa shape index (κ2) is 4.89. The second-order valence-electron chi connectivity index (χ2n) is 6.42. The van der Waals surface area contributed by atoms with Crippen molar-refractivity contribution in [2.45, 2.75) is 58.3 Å². The van der Waals surface area contributed by atoms with Crippen molar-refractivity contribution in [3.8, 4) is 0 Å². The van der Waals surface area contributed by atoms with Gasteiger partial charge in [0.25, 0.3) is 0 Å². The highest BCUT2D eigenvalue weighted by Gasteiger charge is 2.35. The largest absolute Gasteiger partial charge is 0.258 e. The van der Waals surface area contributed by atoms with E-state index in [1.807, 2.05) is 0 Å². The van der Waals surface area contributed by atoms with Crippen molar-refractivity contribution >= 4 is 8.07 Å². The first-order chi connectivity index (χ1) is 7.67. The van der Waals surface area contributed by atoms with Gasteiger partial charge in [-0.05, 0) is 29.1 Å². The highest BCUT2D eigenvalue weighted by molar-refractivity contribution is 6.79. The summed E-state index contributed by atoms with van der Waals surface area (Å²) >= 11 is 0. The molecule has 1 aromatic rings. The van der Waals surface area contributed by atoms with Crippen molar-refractivity contribution < 1.29 is 4.39 Å². The maximum Gasteiger partial charge on any atom is 0.141 e. The fraction of sp³-hybridized carbons (Fsp3) is 0.643. The summed E-state index contributed by atoms with van der Waals surface area (Å²) in [4.78, 5) is 4.31. The summed E-state index contributed by atoms with van der Waals surface area (Å²) in [5.41, 5.74) is 2.16. The Hall–Kier alpha value is -0.703. The number of hydrogen-bond acceptors (Lipinski definition) is 1. The molecule has 0 aliphatic rings. The zero-order chi connectivity index (χ0) is 13.3. The van der Waals surface area contributed by atoms with Crippen molar-refractivity contribution in [3.05, 3.63) is 29.3 Å². The van der Waals surface area contributed by atoms with E-state index in [0.717, 1.165) is 23.7 Å². The monoisotopic (exact) mass is 253 g/mol. The molecule has 96 valence electrons. The van der Waals surface area contributed by atoms with Gasteiger partial charge >= 0.3 is 0 Å². The third kappa shape index (κ3) is 3.38. The van der Waals surface area contributed by atoms with Gasteiger partial charge in [0, 0.05) is 5.69 Å². The lowest BCUT2D eigenvalue weighted by Gasteiger charge is -2.37. The Kier molecular flexibility index (Phi) is 4.13. The van der Waals surface area contributed by atoms with Gasteiger partial charge in [0.05, 0.1) is 14.3 Å². The van der Waals surface area contributed by atoms with E-state index in [4.69, 9.17) is 0 Å². The van der Waals surface area contributed by atoms with E-state index in [-0.39, 0.29) is 5.82 Å². The standard InChI is InChI=1S/C14H24FNSi/c1-7-11-8-12(15)9-16-13(11)10-17(5,6)14(2,3)4/h8-9H,7,10H2,1-6H3. The summed E-state index contributed by atoms with van der Waals surface area (Å²) in [6.45, 7) is 13.7. The Bertz CT molecular complexity index is 394. The Morgan fingerprint density at radius 1 is 1.29 bits per heavy atom. The number of aromatic nitrogens is 1. The van der Waals surface area contributed by atoms with E-state index in [1.165, 1.54) is 6.20 Å². The van der Waals surface area contributed by atoms with Crippen LogP contribution in [0.25, 0.3) is 0 Å². The molecule has 0 saturated heterocycles. The smallest absolute Gasteiger partial charge is 0.141 e. The predicted octanol–water partition coefficient (Wildman–Crippen LogP) is 4.37. The van der Waals surface area contributed by atoms with Gasteiger partial charge in [-0.1, -0.05) is 40.8 Å². The SMILES string of the molecule is CCc1cc(F)cnc1C[Si](C)(C)C(C)(C)C. The summed E-state index contributed by atoms with van der Waals surface area (Å²) in [7, 11) is -1.40. The van der Waals surface area contributed by atoms with E-state index >= 15 is 0 Å². The molecular formula is C14H24FNSi. The minimum absolute atomic E-state index is 0.221. The van der Waals surface area contributed by atoms with Crippen LogP contribution in [-0.4, -0.2) is 13.1 Å². The van der Waals surface area contributed by atoms with E-state index in [1.54, 1.807) is 6.07 Å². The van der Waals surface area contributed by atoms with Gasteiger partial charge < -0.3 is 0 Å². The molecule has 1 aromatic heterocycles. The summed E-state index contributed by atoms with van der Waals surface area (Å²) in [6, 6.07) is 2.66. The predicted molar refractivity (Wildman–Crippen MR) is 74.5 cm³/mol. The first-order valence-electron chi connectivity index (χ1n) is 6.30. The van der Waals surface area contributed by atoms with E-state index in [9.17, 15) is 4.39 Å². The lowest BCUT2D eigenvalue weighted by molar-refractivity contribution is 0.616. The van der Waals surface area contributed by atoms with Gasteiger partial charge in [0.15, 0.2) is 0 Å². The van der Waals surface area contributed by atoms with Gasteiger partial charge in [-0.2, -0.15) is 0 Å². The quantitative estimate of drug-likeness (QED) is 0.729. The van der Waals surface area contributed by atoms with Crippen LogP contribution in [0, 0.1) is 5.82 Å². The number of pyridine rings is 1. The molecule has 0 unspecified atom stereocenters. The molecule has 1 heterocycles. The molecule has 0 aliphatic carbocycles. The van der Waals surface area contributed by atoms with Gasteiger partial charge in [-0.15, -0.1) is 0 Å². The fourth-order valence-corrected chi connectivity index (χ4v) is 3.34. The van der Waals surface area contributed by atoms with E-state index in [2.05, 4.69) is 45.8 Å². The van der Waals surface area contributed by atoms with E-state index < -0.39 is 8.07 Å². The molecule has 0 bridgehead atoms. The van der Waals surface area contributed by atoms with Crippen LogP contribution >= 0.6 is 0 Å². The fourth-order valence-electron chi connectivity index (χ4n) is 1.66. The molecule has 17 heavy (non-hydrogen) atoms. The lowest BCUT2D eigenvalue weighted by atomic mass is 10.1. The second-order valence-corrected chi connectivity index (χ2v) is 12.0. The first kappa shape index (κ1) is 14.4. The number of aryl methyl sites for hydroxylation is 1. The molecule has 0 radical (unpaired) electrons. The van der Waals surface area contributed by atoms with Gasteiger partial charge in [-0.3, -0.25) is 4.98 Å². The highest BCUT2D eigenvalue weighted by Crippen LogP contribution is 2.38. The molecule has 0 aliphatic heterocycles. The number of hydrogen-bond donors (Lipinski definition) is 0. The molecule has 0 saturated carbocycles. The number of halogens is 1. The molecule has 3 heteroatoms. The molecule has 0 atom stereocenters. The van der Waals surface area contributed by atoms with Crippen LogP contribution in [0.5, 0.6) is 0 Å². The molecule has 1 rings (SSSR count). The van der Waals surface area contributed by atoms with Crippen LogP contribution < -0.4 is 0 Å². The van der Waals surface area contributed by atoms with E-state index in [0.29, 0.717) is 5.04 Å². The molecule has 0 N–H and O–H groups in total. The van der Waals surface area contributed by atoms with Crippen LogP contribution in [0.15, 0.2) is 12.3 Å². The van der Waals surface area contributed by atoms with Gasteiger partial charge in [-0.25, -0.2) is 4.39 Å². The van der Waals surface area contributed by atoms with Crippen molar-refractivity contribution in [3.63, 3.8) is 0 Å². The summed E-state index contributed by atoms with van der Waals surface area (Å²) in [5.74, 6) is -0.221. The average Bonchev–Trinajstić information content (AvgIpc) is 2.18. The van der Waals surface area contributed by atoms with Crippen LogP contribution in [0.1, 0.15) is 39.0 Å². The Morgan fingerprint density at radius 3 is 2.35 bits per heavy atom. The summed E-state index contributed by atoms with van der Waals surface area (Å²) < 4.78 is 13.1. The van der Waals surface area contributed by atoms with Crippen LogP contribution in [-0.2, 0) is 12.5 Å². The average molecular weight is 253 g/mol. The topological polar surface area (TPSA) is 12.9 Å². The van der Waals surface area contributed by atoms with Crippen LogP contribution in [0.2, 0.25) is 18.1 Å². The molecule has 0 fully saturated rings. The third-order valence-electron chi connectivity index (χ3n) is 4.05. The zero-order valence-corrected chi connectivity index (χ0v) is 12.9. The zero-order valence-electron chi connectivity index (χ0n) is 11.9. The molecule has 0 spiro atoms. The highest BCUT2D eigenvalue weighted by atomic mass is 28.3. The van der Waals surface area contributed by atoms with Crippen molar-refractivity contribution in [1.29, 1.82) is 0 Å². The van der Waals surface area contributed by atoms with Crippen molar-refractivity contribution in [1.82, 2.24) is 4.98 Å². The minimum atomic E-state index is -1.40. The maximum atomic E-state index is 13.1.